The minimum absolute atomic E-state index is 0.121. The number of hydrogen-bond donors (Lipinski definition) is 1. The average molecular weight is 329 g/mol. The van der Waals surface area contributed by atoms with Crippen molar-refractivity contribution in [3.63, 3.8) is 0 Å². The Morgan fingerprint density at radius 3 is 2.83 bits per heavy atom. The van der Waals surface area contributed by atoms with Crippen LogP contribution in [0.1, 0.15) is 22.3 Å². The summed E-state index contributed by atoms with van der Waals surface area (Å²) in [6.07, 6.45) is 3.10. The zero-order valence-electron chi connectivity index (χ0n) is 13.2. The number of benzene rings is 1. The number of morpholine rings is 1. The Bertz CT molecular complexity index is 714. The lowest BCUT2D eigenvalue weighted by atomic mass is 10.1. The molecule has 2 aromatic rings. The van der Waals surface area contributed by atoms with Gasteiger partial charge in [0.2, 0.25) is 0 Å². The lowest BCUT2D eigenvalue weighted by Crippen LogP contribution is -2.49. The predicted molar refractivity (Wildman–Crippen MR) is 85.7 cm³/mol. The van der Waals surface area contributed by atoms with Crippen molar-refractivity contribution in [1.29, 1.82) is 0 Å². The number of aromatic nitrogens is 2. The Kier molecular flexibility index (Phi) is 4.90. The maximum atomic E-state index is 12.7. The van der Waals surface area contributed by atoms with Crippen molar-refractivity contribution in [1.82, 2.24) is 14.7 Å². The number of amides is 1. The van der Waals surface area contributed by atoms with E-state index in [1.807, 2.05) is 30.3 Å². The third kappa shape index (κ3) is 3.80. The van der Waals surface area contributed by atoms with E-state index < -0.39 is 12.0 Å². The Balaban J connectivity index is 1.71. The second kappa shape index (κ2) is 7.27. The highest BCUT2D eigenvalue weighted by Crippen LogP contribution is 2.15. The van der Waals surface area contributed by atoms with Crippen molar-refractivity contribution < 1.29 is 19.4 Å². The van der Waals surface area contributed by atoms with Gasteiger partial charge in [0, 0.05) is 12.7 Å². The summed E-state index contributed by atoms with van der Waals surface area (Å²) in [5.41, 5.74) is 1.55. The van der Waals surface area contributed by atoms with Crippen molar-refractivity contribution >= 4 is 11.9 Å². The van der Waals surface area contributed by atoms with Gasteiger partial charge in [-0.1, -0.05) is 30.3 Å². The Morgan fingerprint density at radius 1 is 1.29 bits per heavy atom. The number of aliphatic carboxylic acids is 1. The van der Waals surface area contributed by atoms with E-state index in [4.69, 9.17) is 9.84 Å². The predicted octanol–water partition coefficient (Wildman–Crippen LogP) is 1.25. The molecule has 0 bridgehead atoms. The van der Waals surface area contributed by atoms with E-state index in [-0.39, 0.29) is 18.9 Å². The number of carbonyl (C=O) groups is 2. The molecule has 24 heavy (non-hydrogen) atoms. The van der Waals surface area contributed by atoms with Crippen LogP contribution in [0.5, 0.6) is 0 Å². The Morgan fingerprint density at radius 2 is 2.08 bits per heavy atom. The van der Waals surface area contributed by atoms with Gasteiger partial charge in [-0.05, 0) is 5.56 Å². The van der Waals surface area contributed by atoms with Crippen LogP contribution >= 0.6 is 0 Å². The molecule has 7 nitrogen and oxygen atoms in total. The van der Waals surface area contributed by atoms with Gasteiger partial charge in [-0.25, -0.2) is 0 Å². The number of hydrogen-bond acceptors (Lipinski definition) is 4. The number of carbonyl (C=O) groups excluding carboxylic acids is 1. The molecule has 1 atom stereocenters. The van der Waals surface area contributed by atoms with Crippen molar-refractivity contribution in [3.05, 3.63) is 53.9 Å². The van der Waals surface area contributed by atoms with Gasteiger partial charge < -0.3 is 14.7 Å². The van der Waals surface area contributed by atoms with E-state index in [0.717, 1.165) is 5.56 Å². The summed E-state index contributed by atoms with van der Waals surface area (Å²) in [5, 5.41) is 13.2. The van der Waals surface area contributed by atoms with E-state index in [0.29, 0.717) is 25.3 Å². The third-order valence-corrected chi connectivity index (χ3v) is 3.97. The minimum Gasteiger partial charge on any atom is -0.481 e. The number of nitrogens with zero attached hydrogens (tertiary/aromatic N) is 3. The average Bonchev–Trinajstić information content (AvgIpc) is 3.03. The zero-order chi connectivity index (χ0) is 16.9. The molecule has 1 aromatic carbocycles. The molecule has 0 spiro atoms. The molecular formula is C17H19N3O4. The molecule has 1 fully saturated rings. The fourth-order valence-corrected chi connectivity index (χ4v) is 2.79. The molecule has 0 radical (unpaired) electrons. The summed E-state index contributed by atoms with van der Waals surface area (Å²) in [5.74, 6) is -1.15. The quantitative estimate of drug-likeness (QED) is 0.892. The standard InChI is InChI=1S/C17H19N3O4/c21-16(22)8-15-12-24-7-6-20(15)17(23)14-9-18-19(11-14)10-13-4-2-1-3-5-13/h1-5,9,11,15H,6-8,10,12H2,(H,21,22). The molecule has 1 N–H and O–H groups in total. The first-order chi connectivity index (χ1) is 11.6. The van der Waals surface area contributed by atoms with Gasteiger partial charge >= 0.3 is 5.97 Å². The topological polar surface area (TPSA) is 84.7 Å². The summed E-state index contributed by atoms with van der Waals surface area (Å²) < 4.78 is 7.01. The van der Waals surface area contributed by atoms with Crippen LogP contribution in [0.2, 0.25) is 0 Å². The highest BCUT2D eigenvalue weighted by molar-refractivity contribution is 5.94. The summed E-state index contributed by atoms with van der Waals surface area (Å²) in [6.45, 7) is 1.63. The van der Waals surface area contributed by atoms with Crippen LogP contribution in [-0.4, -0.2) is 57.5 Å². The lowest BCUT2D eigenvalue weighted by molar-refractivity contribution is -0.139. The van der Waals surface area contributed by atoms with Gasteiger partial charge in [-0.3, -0.25) is 14.3 Å². The highest BCUT2D eigenvalue weighted by atomic mass is 16.5. The first kappa shape index (κ1) is 16.2. The van der Waals surface area contributed by atoms with E-state index in [2.05, 4.69) is 5.10 Å². The molecule has 1 aliphatic rings. The largest absolute Gasteiger partial charge is 0.481 e. The maximum absolute atomic E-state index is 12.7. The first-order valence-corrected chi connectivity index (χ1v) is 7.80. The second-order valence-corrected chi connectivity index (χ2v) is 5.74. The van der Waals surface area contributed by atoms with Crippen LogP contribution in [0, 0.1) is 0 Å². The van der Waals surface area contributed by atoms with E-state index in [9.17, 15) is 9.59 Å². The van der Waals surface area contributed by atoms with Gasteiger partial charge in [-0.2, -0.15) is 5.10 Å². The zero-order valence-corrected chi connectivity index (χ0v) is 13.2. The normalized spacial score (nSPS) is 17.7. The number of rotatable bonds is 5. The molecule has 7 heteroatoms. The summed E-state index contributed by atoms with van der Waals surface area (Å²) in [6, 6.07) is 9.40. The first-order valence-electron chi connectivity index (χ1n) is 7.80. The van der Waals surface area contributed by atoms with Crippen molar-refractivity contribution in [2.75, 3.05) is 19.8 Å². The van der Waals surface area contributed by atoms with Gasteiger partial charge in [0.05, 0.1) is 44.0 Å². The molecule has 0 aliphatic carbocycles. The third-order valence-electron chi connectivity index (χ3n) is 3.97. The Labute approximate surface area is 139 Å². The van der Waals surface area contributed by atoms with E-state index in [1.54, 1.807) is 15.8 Å². The van der Waals surface area contributed by atoms with Crippen LogP contribution < -0.4 is 0 Å². The molecule has 1 aromatic heterocycles. The molecule has 1 unspecified atom stereocenters. The molecule has 3 rings (SSSR count). The SMILES string of the molecule is O=C(O)CC1COCCN1C(=O)c1cnn(Cc2ccccc2)c1. The highest BCUT2D eigenvalue weighted by Gasteiger charge is 2.30. The van der Waals surface area contributed by atoms with Gasteiger partial charge in [0.25, 0.3) is 5.91 Å². The second-order valence-electron chi connectivity index (χ2n) is 5.74. The monoisotopic (exact) mass is 329 g/mol. The molecule has 1 saturated heterocycles. The van der Waals surface area contributed by atoms with Crippen LogP contribution in [0.4, 0.5) is 0 Å². The minimum atomic E-state index is -0.942. The van der Waals surface area contributed by atoms with Crippen molar-refractivity contribution in [3.8, 4) is 0 Å². The fourth-order valence-electron chi connectivity index (χ4n) is 2.79. The summed E-state index contributed by atoms with van der Waals surface area (Å²) >= 11 is 0. The Hall–Kier alpha value is -2.67. The smallest absolute Gasteiger partial charge is 0.305 e. The molecular weight excluding hydrogens is 310 g/mol. The van der Waals surface area contributed by atoms with Crippen LogP contribution in [0.3, 0.4) is 0 Å². The van der Waals surface area contributed by atoms with Gasteiger partial charge in [0.15, 0.2) is 0 Å². The van der Waals surface area contributed by atoms with Crippen LogP contribution in [-0.2, 0) is 16.1 Å². The molecule has 0 saturated carbocycles. The van der Waals surface area contributed by atoms with Gasteiger partial charge in [-0.15, -0.1) is 0 Å². The summed E-state index contributed by atoms with van der Waals surface area (Å²) in [4.78, 5) is 25.2. The molecule has 126 valence electrons. The van der Waals surface area contributed by atoms with Crippen molar-refractivity contribution in [2.45, 2.75) is 19.0 Å². The van der Waals surface area contributed by atoms with Crippen LogP contribution in [0.15, 0.2) is 42.7 Å². The van der Waals surface area contributed by atoms with Gasteiger partial charge in [0.1, 0.15) is 0 Å². The lowest BCUT2D eigenvalue weighted by Gasteiger charge is -2.34. The van der Waals surface area contributed by atoms with E-state index >= 15 is 0 Å². The molecule has 1 amide bonds. The summed E-state index contributed by atoms with van der Waals surface area (Å²) in [7, 11) is 0. The number of carboxylic acids is 1. The van der Waals surface area contributed by atoms with Crippen molar-refractivity contribution in [2.24, 2.45) is 0 Å². The molecule has 2 heterocycles. The number of ether oxygens (including phenoxy) is 1. The van der Waals surface area contributed by atoms with E-state index in [1.165, 1.54) is 6.20 Å². The fraction of sp³-hybridized carbons (Fsp3) is 0.353. The molecule has 1 aliphatic heterocycles. The maximum Gasteiger partial charge on any atom is 0.305 e. The van der Waals surface area contributed by atoms with Crippen LogP contribution in [0.25, 0.3) is 0 Å². The number of carboxylic acid groups (broad SMARTS) is 1.